The highest BCUT2D eigenvalue weighted by Crippen LogP contribution is 2.07. The molecule has 0 aliphatic carbocycles. The van der Waals surface area contributed by atoms with Crippen molar-refractivity contribution in [3.05, 3.63) is 0 Å². The fourth-order valence-electron chi connectivity index (χ4n) is 0.297. The summed E-state index contributed by atoms with van der Waals surface area (Å²) in [5.74, 6) is 0.825. The summed E-state index contributed by atoms with van der Waals surface area (Å²) in [5, 5.41) is 0. The number of unbranched alkanes of at least 4 members (excludes halogenated alkanes) is 1. The maximum absolute atomic E-state index is 11.7. The summed E-state index contributed by atoms with van der Waals surface area (Å²) >= 11 is 5.33. The van der Waals surface area contributed by atoms with E-state index < -0.39 is 4.45 Å². The van der Waals surface area contributed by atoms with Crippen molar-refractivity contribution in [2.45, 2.75) is 19.8 Å². The highest BCUT2D eigenvalue weighted by Gasteiger charge is 1.90. The number of rotatable bonds is 3. The molecule has 3 heteroatoms. The number of thioether (sulfide) groups is 1. The molecule has 0 bridgehead atoms. The van der Waals surface area contributed by atoms with Crippen molar-refractivity contribution in [2.75, 3.05) is 5.75 Å². The molecule has 0 unspecified atom stereocenters. The molecule has 48 valence electrons. The van der Waals surface area contributed by atoms with Crippen LogP contribution in [0.3, 0.4) is 0 Å². The summed E-state index contributed by atoms with van der Waals surface area (Å²) in [7, 11) is 0. The number of hydrogen-bond donors (Lipinski definition) is 0. The van der Waals surface area contributed by atoms with Crippen molar-refractivity contribution in [1.29, 1.82) is 0 Å². The molecule has 0 spiro atoms. The Kier molecular flexibility index (Phi) is 5.76. The Morgan fingerprint density at radius 2 is 2.38 bits per heavy atom. The minimum Gasteiger partial charge on any atom is -0.186 e. The Hall–Kier alpha value is 0.370. The average molecular weight is 152 g/mol. The maximum Gasteiger partial charge on any atom is 0.220 e. The number of thiocarbonyl (C=S) groups is 1. The summed E-state index contributed by atoms with van der Waals surface area (Å²) in [6.45, 7) is 2.07. The molecule has 0 heterocycles. The SMILES string of the molecule is CCCCSC(F)=S. The van der Waals surface area contributed by atoms with Crippen LogP contribution in [0.2, 0.25) is 0 Å². The standard InChI is InChI=1S/C5H9FS2/c1-2-3-4-8-5(6)7/h2-4H2,1H3. The molecule has 0 saturated carbocycles. The summed E-state index contributed by atoms with van der Waals surface area (Å²) in [4.78, 5) is 0. The average Bonchev–Trinajstić information content (AvgIpc) is 1.66. The first-order valence-corrected chi connectivity index (χ1v) is 3.99. The lowest BCUT2D eigenvalue weighted by Gasteiger charge is -1.90. The molecule has 0 nitrogen and oxygen atoms in total. The first kappa shape index (κ1) is 8.37. The lowest BCUT2D eigenvalue weighted by Crippen LogP contribution is -1.79. The van der Waals surface area contributed by atoms with E-state index in [0.29, 0.717) is 0 Å². The van der Waals surface area contributed by atoms with Gasteiger partial charge in [0.15, 0.2) is 0 Å². The maximum atomic E-state index is 11.7. The largest absolute Gasteiger partial charge is 0.220 e. The Bertz CT molecular complexity index is 72.8. The summed E-state index contributed by atoms with van der Waals surface area (Å²) in [5.41, 5.74) is 0. The van der Waals surface area contributed by atoms with Crippen LogP contribution in [0.25, 0.3) is 0 Å². The molecule has 0 saturated heterocycles. The molecule has 0 aromatic rings. The fraction of sp³-hybridized carbons (Fsp3) is 0.800. The minimum absolute atomic E-state index is 0.432. The topological polar surface area (TPSA) is 0 Å². The second-order valence-corrected chi connectivity index (χ2v) is 3.11. The summed E-state index contributed by atoms with van der Waals surface area (Å²) in [6.07, 6.45) is 2.16. The quantitative estimate of drug-likeness (QED) is 0.346. The molecule has 0 fully saturated rings. The molecule has 0 aromatic carbocycles. The first-order chi connectivity index (χ1) is 3.77. The van der Waals surface area contributed by atoms with E-state index in [1.165, 1.54) is 0 Å². The van der Waals surface area contributed by atoms with E-state index in [1.807, 2.05) is 0 Å². The van der Waals surface area contributed by atoms with E-state index in [9.17, 15) is 4.39 Å². The van der Waals surface area contributed by atoms with E-state index in [1.54, 1.807) is 0 Å². The van der Waals surface area contributed by atoms with Gasteiger partial charge in [-0.2, -0.15) is 4.39 Å². The Morgan fingerprint density at radius 3 is 2.75 bits per heavy atom. The smallest absolute Gasteiger partial charge is 0.186 e. The van der Waals surface area contributed by atoms with Crippen molar-refractivity contribution < 1.29 is 4.39 Å². The van der Waals surface area contributed by atoms with E-state index in [4.69, 9.17) is 0 Å². The monoisotopic (exact) mass is 152 g/mol. The van der Waals surface area contributed by atoms with Crippen LogP contribution in [-0.2, 0) is 0 Å². The highest BCUT2D eigenvalue weighted by atomic mass is 32.2. The van der Waals surface area contributed by atoms with Gasteiger partial charge in [0.2, 0.25) is 4.45 Å². The zero-order valence-electron chi connectivity index (χ0n) is 4.82. The highest BCUT2D eigenvalue weighted by molar-refractivity contribution is 8.22. The van der Waals surface area contributed by atoms with Crippen LogP contribution in [0.4, 0.5) is 4.39 Å². The third-order valence-electron chi connectivity index (χ3n) is 0.713. The normalized spacial score (nSPS) is 9.25. The molecule has 0 N–H and O–H groups in total. The van der Waals surface area contributed by atoms with Crippen molar-refractivity contribution >= 4 is 28.4 Å². The molecule has 0 amide bonds. The van der Waals surface area contributed by atoms with Crippen molar-refractivity contribution in [3.63, 3.8) is 0 Å². The van der Waals surface area contributed by atoms with Gasteiger partial charge >= 0.3 is 0 Å². The van der Waals surface area contributed by atoms with Crippen LogP contribution in [-0.4, -0.2) is 10.2 Å². The van der Waals surface area contributed by atoms with Gasteiger partial charge in [0, 0.05) is 5.75 Å². The van der Waals surface area contributed by atoms with E-state index in [2.05, 4.69) is 19.1 Å². The van der Waals surface area contributed by atoms with Crippen LogP contribution in [0, 0.1) is 0 Å². The molecule has 0 rings (SSSR count). The molecule has 0 aromatic heterocycles. The van der Waals surface area contributed by atoms with E-state index in [-0.39, 0.29) is 0 Å². The molecule has 0 radical (unpaired) electrons. The van der Waals surface area contributed by atoms with Crippen molar-refractivity contribution in [3.8, 4) is 0 Å². The fourth-order valence-corrected chi connectivity index (χ4v) is 1.14. The van der Waals surface area contributed by atoms with Gasteiger partial charge in [-0.05, 0) is 18.6 Å². The van der Waals surface area contributed by atoms with Gasteiger partial charge < -0.3 is 0 Å². The first-order valence-electron chi connectivity index (χ1n) is 2.59. The van der Waals surface area contributed by atoms with Crippen LogP contribution in [0.15, 0.2) is 0 Å². The van der Waals surface area contributed by atoms with Gasteiger partial charge in [-0.25, -0.2) is 0 Å². The van der Waals surface area contributed by atoms with Crippen molar-refractivity contribution in [1.82, 2.24) is 0 Å². The Labute approximate surface area is 58.8 Å². The second-order valence-electron chi connectivity index (χ2n) is 1.44. The third-order valence-corrected chi connectivity index (χ3v) is 1.79. The molecular weight excluding hydrogens is 143 g/mol. The van der Waals surface area contributed by atoms with Gasteiger partial charge in [0.05, 0.1) is 0 Å². The predicted octanol–water partition coefficient (Wildman–Crippen LogP) is 2.77. The van der Waals surface area contributed by atoms with Crippen LogP contribution in [0.5, 0.6) is 0 Å². The molecule has 8 heavy (non-hydrogen) atoms. The van der Waals surface area contributed by atoms with Gasteiger partial charge in [-0.1, -0.05) is 25.1 Å². The predicted molar refractivity (Wildman–Crippen MR) is 41.1 cm³/mol. The van der Waals surface area contributed by atoms with Crippen molar-refractivity contribution in [2.24, 2.45) is 0 Å². The van der Waals surface area contributed by atoms with Gasteiger partial charge in [-0.3, -0.25) is 0 Å². The minimum atomic E-state index is -0.432. The summed E-state index contributed by atoms with van der Waals surface area (Å²) < 4.78 is 11.3. The van der Waals surface area contributed by atoms with Crippen LogP contribution >= 0.6 is 24.0 Å². The van der Waals surface area contributed by atoms with Crippen LogP contribution in [0.1, 0.15) is 19.8 Å². The van der Waals surface area contributed by atoms with E-state index in [0.717, 1.165) is 30.4 Å². The van der Waals surface area contributed by atoms with Gasteiger partial charge in [0.25, 0.3) is 0 Å². The second kappa shape index (κ2) is 5.51. The molecule has 0 atom stereocenters. The van der Waals surface area contributed by atoms with Gasteiger partial charge in [-0.15, -0.1) is 0 Å². The van der Waals surface area contributed by atoms with Crippen LogP contribution < -0.4 is 0 Å². The van der Waals surface area contributed by atoms with E-state index >= 15 is 0 Å². The molecular formula is C5H9FS2. The lowest BCUT2D eigenvalue weighted by atomic mass is 10.4. The Balaban J connectivity index is 2.82. The zero-order chi connectivity index (χ0) is 6.41. The third kappa shape index (κ3) is 6.37. The Morgan fingerprint density at radius 1 is 1.75 bits per heavy atom. The van der Waals surface area contributed by atoms with Gasteiger partial charge in [0.1, 0.15) is 0 Å². The number of hydrogen-bond acceptors (Lipinski definition) is 2. The molecule has 0 aliphatic rings. The number of halogens is 1. The lowest BCUT2D eigenvalue weighted by molar-refractivity contribution is 0.850. The summed E-state index contributed by atoms with van der Waals surface area (Å²) in [6, 6.07) is 0. The molecule has 0 aliphatic heterocycles. The zero-order valence-corrected chi connectivity index (χ0v) is 6.45.